The minimum atomic E-state index is -0.126. The second kappa shape index (κ2) is 7.48. The number of amides is 1. The van der Waals surface area contributed by atoms with Crippen molar-refractivity contribution in [1.29, 1.82) is 0 Å². The Morgan fingerprint density at radius 3 is 2.39 bits per heavy atom. The fraction of sp³-hybridized carbons (Fsp3) is 0.429. The molecule has 0 saturated carbocycles. The number of hydrogen-bond acceptors (Lipinski definition) is 3. The number of carbonyl (C=O) groups excluding carboxylic acids is 1. The normalized spacial score (nSPS) is 12.3. The van der Waals surface area contributed by atoms with Gasteiger partial charge in [-0.05, 0) is 20.8 Å². The number of allylic oxidation sites excluding steroid dienone is 2. The van der Waals surface area contributed by atoms with Crippen LogP contribution in [0, 0.1) is 0 Å². The van der Waals surface area contributed by atoms with E-state index in [1.54, 1.807) is 25.9 Å². The van der Waals surface area contributed by atoms with Gasteiger partial charge in [0.15, 0.2) is 0 Å². The van der Waals surface area contributed by atoms with Crippen molar-refractivity contribution in [3.8, 4) is 0 Å². The van der Waals surface area contributed by atoms with Crippen LogP contribution in [-0.2, 0) is 9.53 Å². The fourth-order valence-corrected chi connectivity index (χ4v) is 1.23. The van der Waals surface area contributed by atoms with Crippen LogP contribution in [0.1, 0.15) is 20.8 Å². The van der Waals surface area contributed by atoms with Crippen molar-refractivity contribution < 1.29 is 9.53 Å². The summed E-state index contributed by atoms with van der Waals surface area (Å²) in [5.74, 6) is 0.723. The largest absolute Gasteiger partial charge is 0.460 e. The Kier molecular flexibility index (Phi) is 6.71. The molecular formula is C14H22N2O2. The summed E-state index contributed by atoms with van der Waals surface area (Å²) in [6.45, 7) is 12.9. The van der Waals surface area contributed by atoms with Gasteiger partial charge in [0.25, 0.3) is 5.91 Å². The van der Waals surface area contributed by atoms with Crippen molar-refractivity contribution in [2.24, 2.45) is 4.99 Å². The third kappa shape index (κ3) is 4.57. The van der Waals surface area contributed by atoms with Crippen molar-refractivity contribution >= 4 is 12.1 Å². The molecule has 0 saturated heterocycles. The van der Waals surface area contributed by atoms with E-state index in [1.165, 1.54) is 12.3 Å². The molecule has 0 bridgehead atoms. The zero-order chi connectivity index (χ0) is 14.3. The molecule has 0 unspecified atom stereocenters. The molecule has 0 atom stereocenters. The topological polar surface area (TPSA) is 41.9 Å². The lowest BCUT2D eigenvalue weighted by Crippen LogP contribution is -2.34. The summed E-state index contributed by atoms with van der Waals surface area (Å²) >= 11 is 0. The molecule has 0 aromatic rings. The third-order valence-electron chi connectivity index (χ3n) is 2.47. The van der Waals surface area contributed by atoms with Crippen LogP contribution in [0.5, 0.6) is 0 Å². The molecule has 18 heavy (non-hydrogen) atoms. The molecule has 0 rings (SSSR count). The van der Waals surface area contributed by atoms with E-state index in [9.17, 15) is 4.79 Å². The molecule has 4 nitrogen and oxygen atoms in total. The lowest BCUT2D eigenvalue weighted by atomic mass is 10.2. The summed E-state index contributed by atoms with van der Waals surface area (Å²) in [5.41, 5.74) is 0.428. The van der Waals surface area contributed by atoms with Gasteiger partial charge in [-0.2, -0.15) is 0 Å². The molecule has 0 aliphatic rings. The average Bonchev–Trinajstić information content (AvgIpc) is 2.28. The van der Waals surface area contributed by atoms with Crippen LogP contribution in [0.25, 0.3) is 0 Å². The Morgan fingerprint density at radius 1 is 1.44 bits per heavy atom. The summed E-state index contributed by atoms with van der Waals surface area (Å²) in [5, 5.41) is 0. The first-order valence-electron chi connectivity index (χ1n) is 5.74. The van der Waals surface area contributed by atoms with Crippen LogP contribution in [-0.4, -0.2) is 37.2 Å². The van der Waals surface area contributed by atoms with E-state index in [0.717, 1.165) is 0 Å². The van der Waals surface area contributed by atoms with E-state index in [4.69, 9.17) is 4.74 Å². The number of ether oxygens (including phenoxy) is 1. The second-order valence-electron chi connectivity index (χ2n) is 4.14. The van der Waals surface area contributed by atoms with Crippen molar-refractivity contribution in [2.45, 2.75) is 26.8 Å². The predicted octanol–water partition coefficient (Wildman–Crippen LogP) is 2.54. The van der Waals surface area contributed by atoms with E-state index in [-0.39, 0.29) is 11.9 Å². The van der Waals surface area contributed by atoms with Crippen LogP contribution in [0.2, 0.25) is 0 Å². The number of carbonyl (C=O) groups is 1. The van der Waals surface area contributed by atoms with Gasteiger partial charge in [-0.25, -0.2) is 0 Å². The third-order valence-corrected chi connectivity index (χ3v) is 2.47. The molecule has 0 N–H and O–H groups in total. The minimum absolute atomic E-state index is 0.112. The van der Waals surface area contributed by atoms with Crippen molar-refractivity contribution in [3.63, 3.8) is 0 Å². The molecule has 4 heteroatoms. The molecule has 0 aromatic heterocycles. The number of hydrogen-bond donors (Lipinski definition) is 0. The molecule has 100 valence electrons. The standard InChI is InChI=1S/C14H22N2O2/c1-8-13(14(17)16(7)10(2)3)12(5)18-11(4)9-15-6/h8-10H,1,4H2,2-3,5-7H3/b13-12-,15-9-. The van der Waals surface area contributed by atoms with E-state index >= 15 is 0 Å². The Bertz CT molecular complexity index is 393. The number of aliphatic imine (C=N–C) groups is 1. The number of rotatable bonds is 6. The van der Waals surface area contributed by atoms with Gasteiger partial charge in [-0.3, -0.25) is 9.79 Å². The highest BCUT2D eigenvalue weighted by atomic mass is 16.5. The van der Waals surface area contributed by atoms with Gasteiger partial charge in [0, 0.05) is 20.1 Å². The smallest absolute Gasteiger partial charge is 0.257 e. The minimum Gasteiger partial charge on any atom is -0.460 e. The highest BCUT2D eigenvalue weighted by molar-refractivity contribution is 5.96. The molecular weight excluding hydrogens is 228 g/mol. The van der Waals surface area contributed by atoms with E-state index in [0.29, 0.717) is 17.1 Å². The number of nitrogens with zero attached hydrogens (tertiary/aromatic N) is 2. The fourth-order valence-electron chi connectivity index (χ4n) is 1.23. The van der Waals surface area contributed by atoms with Crippen LogP contribution in [0.3, 0.4) is 0 Å². The summed E-state index contributed by atoms with van der Waals surface area (Å²) in [6.07, 6.45) is 2.98. The zero-order valence-electron chi connectivity index (χ0n) is 11.9. The highest BCUT2D eigenvalue weighted by Crippen LogP contribution is 2.14. The van der Waals surface area contributed by atoms with E-state index in [1.807, 2.05) is 13.8 Å². The van der Waals surface area contributed by atoms with Crippen molar-refractivity contribution in [3.05, 3.63) is 36.3 Å². The van der Waals surface area contributed by atoms with Gasteiger partial charge < -0.3 is 9.64 Å². The monoisotopic (exact) mass is 250 g/mol. The van der Waals surface area contributed by atoms with Gasteiger partial charge in [-0.15, -0.1) is 0 Å². The molecule has 0 radical (unpaired) electrons. The lowest BCUT2D eigenvalue weighted by molar-refractivity contribution is -0.127. The van der Waals surface area contributed by atoms with Crippen LogP contribution < -0.4 is 0 Å². The predicted molar refractivity (Wildman–Crippen MR) is 75.4 cm³/mol. The van der Waals surface area contributed by atoms with E-state index < -0.39 is 0 Å². The highest BCUT2D eigenvalue weighted by Gasteiger charge is 2.18. The summed E-state index contributed by atoms with van der Waals surface area (Å²) in [6, 6.07) is 0.112. The first kappa shape index (κ1) is 16.2. The molecule has 0 heterocycles. The van der Waals surface area contributed by atoms with Crippen LogP contribution in [0.4, 0.5) is 0 Å². The Hall–Kier alpha value is -1.84. The maximum atomic E-state index is 12.2. The quantitative estimate of drug-likeness (QED) is 0.314. The first-order chi connectivity index (χ1) is 8.34. The van der Waals surface area contributed by atoms with Gasteiger partial charge in [0.2, 0.25) is 0 Å². The van der Waals surface area contributed by atoms with Gasteiger partial charge in [-0.1, -0.05) is 19.2 Å². The summed E-state index contributed by atoms with van der Waals surface area (Å²) in [7, 11) is 3.37. The molecule has 0 aromatic carbocycles. The van der Waals surface area contributed by atoms with Gasteiger partial charge >= 0.3 is 0 Å². The summed E-state index contributed by atoms with van der Waals surface area (Å²) in [4.78, 5) is 17.6. The maximum absolute atomic E-state index is 12.2. The lowest BCUT2D eigenvalue weighted by Gasteiger charge is -2.22. The summed E-state index contributed by atoms with van der Waals surface area (Å²) < 4.78 is 5.41. The van der Waals surface area contributed by atoms with Gasteiger partial charge in [0.1, 0.15) is 11.5 Å². The van der Waals surface area contributed by atoms with E-state index in [2.05, 4.69) is 18.2 Å². The molecule has 0 spiro atoms. The molecule has 0 aliphatic heterocycles. The first-order valence-corrected chi connectivity index (χ1v) is 5.74. The number of likely N-dealkylation sites (N-methyl/N-ethyl adjacent to an activating group) is 1. The van der Waals surface area contributed by atoms with Crippen molar-refractivity contribution in [1.82, 2.24) is 4.90 Å². The SMILES string of the molecule is C=C/C(C(=O)N(C)C(C)C)=C(\C)OC(=C)/C=N\C. The van der Waals surface area contributed by atoms with Gasteiger partial charge in [0.05, 0.1) is 11.8 Å². The Morgan fingerprint density at radius 2 is 2.00 bits per heavy atom. The van der Waals surface area contributed by atoms with Crippen molar-refractivity contribution in [2.75, 3.05) is 14.1 Å². The maximum Gasteiger partial charge on any atom is 0.257 e. The molecule has 0 aliphatic carbocycles. The zero-order valence-corrected chi connectivity index (χ0v) is 11.9. The van der Waals surface area contributed by atoms with Crippen LogP contribution in [0.15, 0.2) is 41.3 Å². The second-order valence-corrected chi connectivity index (χ2v) is 4.14. The average molecular weight is 250 g/mol. The van der Waals surface area contributed by atoms with Crippen LogP contribution >= 0.6 is 0 Å². The molecule has 0 fully saturated rings. The molecule has 1 amide bonds. The Labute approximate surface area is 109 Å². The Balaban J connectivity index is 5.10.